The van der Waals surface area contributed by atoms with Crippen LogP contribution in [-0.4, -0.2) is 54.9 Å². The Morgan fingerprint density at radius 3 is 2.60 bits per heavy atom. The minimum absolute atomic E-state index is 0.00606. The van der Waals surface area contributed by atoms with Crippen molar-refractivity contribution < 1.29 is 18.3 Å². The third-order valence-corrected chi connectivity index (χ3v) is 7.85. The summed E-state index contributed by atoms with van der Waals surface area (Å²) in [6, 6.07) is 12.6. The maximum absolute atomic E-state index is 12.9. The van der Waals surface area contributed by atoms with Gasteiger partial charge >= 0.3 is 6.03 Å². The molecule has 1 aliphatic carbocycles. The Morgan fingerprint density at radius 2 is 1.83 bits per heavy atom. The van der Waals surface area contributed by atoms with E-state index in [-0.39, 0.29) is 35.8 Å². The average molecular weight is 430 g/mol. The summed E-state index contributed by atoms with van der Waals surface area (Å²) in [4.78, 5) is 14.4. The van der Waals surface area contributed by atoms with Gasteiger partial charge in [-0.2, -0.15) is 4.31 Å². The molecule has 2 amide bonds. The lowest BCUT2D eigenvalue weighted by atomic mass is 9.88. The second-order valence-corrected chi connectivity index (χ2v) is 9.86. The highest BCUT2D eigenvalue weighted by Gasteiger charge is 2.32. The molecule has 1 fully saturated rings. The first-order valence-electron chi connectivity index (χ1n) is 10.3. The van der Waals surface area contributed by atoms with Gasteiger partial charge in [-0.15, -0.1) is 0 Å². The zero-order chi connectivity index (χ0) is 21.3. The van der Waals surface area contributed by atoms with E-state index in [0.29, 0.717) is 13.1 Å². The number of piperazine rings is 1. The van der Waals surface area contributed by atoms with Crippen LogP contribution in [0.4, 0.5) is 4.79 Å². The normalized spacial score (nSPS) is 19.9. The van der Waals surface area contributed by atoms with Crippen LogP contribution in [0.3, 0.4) is 0 Å². The van der Waals surface area contributed by atoms with Crippen LogP contribution in [0.5, 0.6) is 5.75 Å². The molecule has 0 saturated carbocycles. The van der Waals surface area contributed by atoms with Gasteiger partial charge in [0.1, 0.15) is 10.6 Å². The number of nitrogens with zero attached hydrogens (tertiary/aromatic N) is 2. The molecular weight excluding hydrogens is 402 g/mol. The van der Waals surface area contributed by atoms with Gasteiger partial charge in [-0.05, 0) is 55.0 Å². The lowest BCUT2D eigenvalue weighted by Gasteiger charge is -2.35. The van der Waals surface area contributed by atoms with Gasteiger partial charge in [0.05, 0.1) is 6.04 Å². The van der Waals surface area contributed by atoms with Crippen molar-refractivity contribution in [3.63, 3.8) is 0 Å². The average Bonchev–Trinajstić information content (AvgIpc) is 2.75. The largest absolute Gasteiger partial charge is 0.507 e. The Balaban J connectivity index is 1.40. The molecule has 1 unspecified atom stereocenters. The maximum Gasteiger partial charge on any atom is 0.317 e. The molecule has 1 saturated heterocycles. The number of carbonyl (C=O) groups excluding carboxylic acids is 1. The van der Waals surface area contributed by atoms with Crippen LogP contribution in [0.1, 0.15) is 35.6 Å². The van der Waals surface area contributed by atoms with E-state index < -0.39 is 10.0 Å². The van der Waals surface area contributed by atoms with Crippen molar-refractivity contribution in [2.75, 3.05) is 26.2 Å². The van der Waals surface area contributed by atoms with Crippen LogP contribution in [0.15, 0.2) is 47.4 Å². The molecule has 0 aromatic heterocycles. The number of hydrogen-bond acceptors (Lipinski definition) is 4. The summed E-state index contributed by atoms with van der Waals surface area (Å²) in [6.45, 7) is 2.80. The van der Waals surface area contributed by atoms with Crippen molar-refractivity contribution in [2.24, 2.45) is 0 Å². The van der Waals surface area contributed by atoms with Crippen molar-refractivity contribution >= 4 is 16.1 Å². The molecular formula is C22H27N3O4S. The summed E-state index contributed by atoms with van der Waals surface area (Å²) < 4.78 is 27.2. The Kier molecular flexibility index (Phi) is 5.71. The predicted molar refractivity (Wildman–Crippen MR) is 114 cm³/mol. The number of carbonyl (C=O) groups is 1. The van der Waals surface area contributed by atoms with E-state index in [4.69, 9.17) is 0 Å². The molecule has 2 aromatic rings. The Bertz CT molecular complexity index is 1050. The molecule has 2 aromatic carbocycles. The number of aryl methyl sites for hydroxylation is 2. The SMILES string of the molecule is Cc1ccc(O)c(S(=O)(=O)N2CCN(C(=O)NC3CCCc4ccccc43)CC2)c1. The first-order valence-corrected chi connectivity index (χ1v) is 11.7. The van der Waals surface area contributed by atoms with Gasteiger partial charge in [0, 0.05) is 26.2 Å². The number of phenols is 1. The molecule has 0 radical (unpaired) electrons. The molecule has 1 atom stereocenters. The van der Waals surface area contributed by atoms with E-state index in [9.17, 15) is 18.3 Å². The zero-order valence-corrected chi connectivity index (χ0v) is 17.9. The highest BCUT2D eigenvalue weighted by atomic mass is 32.2. The van der Waals surface area contributed by atoms with Gasteiger partial charge in [0.25, 0.3) is 0 Å². The van der Waals surface area contributed by atoms with Crippen molar-refractivity contribution in [1.82, 2.24) is 14.5 Å². The molecule has 1 heterocycles. The van der Waals surface area contributed by atoms with E-state index in [2.05, 4.69) is 17.4 Å². The number of phenolic OH excluding ortho intramolecular Hbond substituents is 1. The molecule has 7 nitrogen and oxygen atoms in total. The van der Waals surface area contributed by atoms with Gasteiger partial charge in [-0.3, -0.25) is 0 Å². The van der Waals surface area contributed by atoms with Crippen LogP contribution < -0.4 is 5.32 Å². The monoisotopic (exact) mass is 429 g/mol. The fourth-order valence-corrected chi connectivity index (χ4v) is 5.83. The lowest BCUT2D eigenvalue weighted by molar-refractivity contribution is 0.168. The molecule has 0 spiro atoms. The minimum Gasteiger partial charge on any atom is -0.507 e. The molecule has 2 N–H and O–H groups in total. The number of urea groups is 1. The fourth-order valence-electron chi connectivity index (χ4n) is 4.24. The summed E-state index contributed by atoms with van der Waals surface area (Å²) in [7, 11) is -3.81. The first-order chi connectivity index (χ1) is 14.4. The number of rotatable bonds is 3. The van der Waals surface area contributed by atoms with Gasteiger partial charge in [-0.25, -0.2) is 13.2 Å². The topological polar surface area (TPSA) is 90.0 Å². The summed E-state index contributed by atoms with van der Waals surface area (Å²) in [5.41, 5.74) is 3.22. The molecule has 8 heteroatoms. The lowest BCUT2D eigenvalue weighted by Crippen LogP contribution is -2.53. The Labute approximate surface area is 177 Å². The molecule has 160 valence electrons. The van der Waals surface area contributed by atoms with Crippen LogP contribution in [0, 0.1) is 6.92 Å². The van der Waals surface area contributed by atoms with Gasteiger partial charge in [-0.1, -0.05) is 30.3 Å². The molecule has 1 aliphatic heterocycles. The van der Waals surface area contributed by atoms with E-state index >= 15 is 0 Å². The van der Waals surface area contributed by atoms with Crippen LogP contribution in [-0.2, 0) is 16.4 Å². The van der Waals surface area contributed by atoms with E-state index in [1.165, 1.54) is 27.6 Å². The fraction of sp³-hybridized carbons (Fsp3) is 0.409. The van der Waals surface area contributed by atoms with Crippen molar-refractivity contribution in [3.8, 4) is 5.75 Å². The summed E-state index contributed by atoms with van der Waals surface area (Å²) in [5, 5.41) is 13.1. The predicted octanol–water partition coefficient (Wildman–Crippen LogP) is 2.79. The van der Waals surface area contributed by atoms with E-state index in [1.54, 1.807) is 17.9 Å². The maximum atomic E-state index is 12.9. The second-order valence-electron chi connectivity index (χ2n) is 7.96. The van der Waals surface area contributed by atoms with Gasteiger partial charge in [0.15, 0.2) is 0 Å². The van der Waals surface area contributed by atoms with Crippen LogP contribution in [0.25, 0.3) is 0 Å². The highest BCUT2D eigenvalue weighted by Crippen LogP contribution is 2.30. The molecule has 0 bridgehead atoms. The number of fused-ring (bicyclic) bond motifs is 1. The van der Waals surface area contributed by atoms with E-state index in [0.717, 1.165) is 24.8 Å². The highest BCUT2D eigenvalue weighted by molar-refractivity contribution is 7.89. The second kappa shape index (κ2) is 8.28. The number of aromatic hydroxyl groups is 1. The number of hydrogen-bond donors (Lipinski definition) is 2. The molecule has 30 heavy (non-hydrogen) atoms. The smallest absolute Gasteiger partial charge is 0.317 e. The third-order valence-electron chi connectivity index (χ3n) is 5.93. The van der Waals surface area contributed by atoms with Crippen LogP contribution in [0.2, 0.25) is 0 Å². The Hall–Kier alpha value is -2.58. The zero-order valence-electron chi connectivity index (χ0n) is 17.0. The number of benzene rings is 2. The van der Waals surface area contributed by atoms with E-state index in [1.807, 2.05) is 12.1 Å². The first kappa shape index (κ1) is 20.7. The van der Waals surface area contributed by atoms with Crippen molar-refractivity contribution in [1.29, 1.82) is 0 Å². The molecule has 4 rings (SSSR count). The summed E-state index contributed by atoms with van der Waals surface area (Å²) in [5.74, 6) is -0.253. The summed E-state index contributed by atoms with van der Waals surface area (Å²) in [6.07, 6.45) is 2.97. The standard InChI is InChI=1S/C22H27N3O4S/c1-16-9-10-20(26)21(15-16)30(28,29)25-13-11-24(12-14-25)22(27)23-19-8-4-6-17-5-2-3-7-18(17)19/h2-3,5,7,9-10,15,19,26H,4,6,8,11-14H2,1H3,(H,23,27). The third kappa shape index (κ3) is 4.02. The van der Waals surface area contributed by atoms with Gasteiger partial charge < -0.3 is 15.3 Å². The van der Waals surface area contributed by atoms with Crippen molar-refractivity contribution in [3.05, 3.63) is 59.2 Å². The minimum atomic E-state index is -3.81. The van der Waals surface area contributed by atoms with Crippen molar-refractivity contribution in [2.45, 2.75) is 37.1 Å². The number of nitrogens with one attached hydrogen (secondary N) is 1. The van der Waals surface area contributed by atoms with Crippen LogP contribution >= 0.6 is 0 Å². The quantitative estimate of drug-likeness (QED) is 0.785. The molecule has 2 aliphatic rings. The summed E-state index contributed by atoms with van der Waals surface area (Å²) >= 11 is 0. The Morgan fingerprint density at radius 1 is 1.10 bits per heavy atom. The number of amides is 2. The van der Waals surface area contributed by atoms with Gasteiger partial charge in [0.2, 0.25) is 10.0 Å². The number of sulfonamides is 1.